The second-order valence-corrected chi connectivity index (χ2v) is 7.72. The van der Waals surface area contributed by atoms with Crippen molar-refractivity contribution in [1.82, 2.24) is 10.6 Å². The van der Waals surface area contributed by atoms with Gasteiger partial charge in [-0.2, -0.15) is 11.8 Å². The fourth-order valence-electron chi connectivity index (χ4n) is 3.30. The monoisotopic (exact) mass is 430 g/mol. The van der Waals surface area contributed by atoms with Gasteiger partial charge in [0.15, 0.2) is 12.6 Å². The van der Waals surface area contributed by atoms with Gasteiger partial charge in [-0.05, 0) is 48.1 Å². The summed E-state index contributed by atoms with van der Waals surface area (Å²) in [6.07, 6.45) is 2.76. The Balaban J connectivity index is 1.48. The van der Waals surface area contributed by atoms with Gasteiger partial charge in [0, 0.05) is 32.4 Å². The molecule has 0 bridgehead atoms. The molecule has 0 saturated carbocycles. The lowest BCUT2D eigenvalue weighted by atomic mass is 10.1. The molecule has 0 spiro atoms. The molecule has 1 aliphatic heterocycles. The van der Waals surface area contributed by atoms with Crippen molar-refractivity contribution in [2.24, 2.45) is 4.99 Å². The van der Waals surface area contributed by atoms with Gasteiger partial charge in [0.05, 0.1) is 5.69 Å². The normalized spacial score (nSPS) is 13.6. The number of hydrogen-bond acceptors (Lipinski definition) is 4. The van der Waals surface area contributed by atoms with E-state index in [9.17, 15) is 9.18 Å². The fraction of sp³-hybridized carbons (Fsp3) is 0.364. The number of thioether (sulfide) groups is 1. The van der Waals surface area contributed by atoms with Gasteiger partial charge in [-0.3, -0.25) is 9.79 Å². The first-order valence-corrected chi connectivity index (χ1v) is 11.2. The predicted molar refractivity (Wildman–Crippen MR) is 121 cm³/mol. The van der Waals surface area contributed by atoms with E-state index in [0.29, 0.717) is 25.6 Å². The highest BCUT2D eigenvalue weighted by molar-refractivity contribution is 7.97. The summed E-state index contributed by atoms with van der Waals surface area (Å²) in [6.45, 7) is 1.89. The average Bonchev–Trinajstić information content (AvgIpc) is 2.76. The van der Waals surface area contributed by atoms with E-state index >= 15 is 0 Å². The zero-order valence-corrected chi connectivity index (χ0v) is 18.1. The van der Waals surface area contributed by atoms with Crippen LogP contribution in [-0.2, 0) is 17.1 Å². The van der Waals surface area contributed by atoms with E-state index in [1.807, 2.05) is 36.6 Å². The molecule has 2 aromatic rings. The lowest BCUT2D eigenvalue weighted by Gasteiger charge is -2.29. The maximum atomic E-state index is 13.5. The fourth-order valence-corrected chi connectivity index (χ4v) is 3.88. The van der Waals surface area contributed by atoms with Crippen molar-refractivity contribution in [3.8, 4) is 5.75 Å². The molecule has 3 rings (SSSR count). The average molecular weight is 431 g/mol. The van der Waals surface area contributed by atoms with E-state index in [2.05, 4.69) is 15.6 Å². The summed E-state index contributed by atoms with van der Waals surface area (Å²) in [7, 11) is 1.71. The Morgan fingerprint density at radius 2 is 2.07 bits per heavy atom. The van der Waals surface area contributed by atoms with Crippen LogP contribution >= 0.6 is 11.8 Å². The summed E-state index contributed by atoms with van der Waals surface area (Å²) < 4.78 is 19.0. The molecule has 0 aliphatic carbocycles. The Kier molecular flexibility index (Phi) is 7.96. The minimum atomic E-state index is -0.218. The Morgan fingerprint density at radius 3 is 2.87 bits per heavy atom. The summed E-state index contributed by atoms with van der Waals surface area (Å²) in [6, 6.07) is 12.4. The minimum Gasteiger partial charge on any atom is -0.482 e. The number of halogens is 1. The third kappa shape index (κ3) is 5.66. The van der Waals surface area contributed by atoms with Gasteiger partial charge in [0.25, 0.3) is 5.91 Å². The van der Waals surface area contributed by atoms with Crippen molar-refractivity contribution in [3.63, 3.8) is 0 Å². The van der Waals surface area contributed by atoms with Gasteiger partial charge in [-0.15, -0.1) is 0 Å². The largest absolute Gasteiger partial charge is 0.482 e. The highest BCUT2D eigenvalue weighted by Crippen LogP contribution is 2.31. The summed E-state index contributed by atoms with van der Waals surface area (Å²) in [5.41, 5.74) is 2.84. The number of rotatable bonds is 8. The molecule has 2 N–H and O–H groups in total. The Hall–Kier alpha value is -2.74. The Labute approximate surface area is 180 Å². The van der Waals surface area contributed by atoms with Crippen LogP contribution in [0.3, 0.4) is 0 Å². The topological polar surface area (TPSA) is 66.0 Å². The molecule has 2 aromatic carbocycles. The van der Waals surface area contributed by atoms with Crippen LogP contribution in [0.1, 0.15) is 17.5 Å². The number of hydrogen-bond donors (Lipinski definition) is 2. The van der Waals surface area contributed by atoms with Gasteiger partial charge in [-0.25, -0.2) is 4.39 Å². The molecular formula is C22H27FN4O2S. The van der Waals surface area contributed by atoms with Crippen LogP contribution in [0, 0.1) is 5.82 Å². The third-order valence-corrected chi connectivity index (χ3v) is 5.40. The number of nitrogens with zero attached hydrogens (tertiary/aromatic N) is 2. The molecule has 160 valence electrons. The first-order valence-electron chi connectivity index (χ1n) is 9.85. The molecule has 0 radical (unpaired) electrons. The second kappa shape index (κ2) is 10.9. The lowest BCUT2D eigenvalue weighted by Crippen LogP contribution is -2.42. The van der Waals surface area contributed by atoms with E-state index in [1.54, 1.807) is 29.8 Å². The number of amides is 1. The number of benzene rings is 2. The third-order valence-electron chi connectivity index (χ3n) is 4.80. The van der Waals surface area contributed by atoms with Gasteiger partial charge in [-0.1, -0.05) is 18.2 Å². The van der Waals surface area contributed by atoms with Crippen LogP contribution < -0.4 is 20.3 Å². The number of anilines is 1. The highest BCUT2D eigenvalue weighted by Gasteiger charge is 2.24. The summed E-state index contributed by atoms with van der Waals surface area (Å²) >= 11 is 1.66. The zero-order chi connectivity index (χ0) is 21.3. The van der Waals surface area contributed by atoms with Gasteiger partial charge >= 0.3 is 0 Å². The quantitative estimate of drug-likeness (QED) is 0.383. The number of ether oxygens (including phenoxy) is 1. The number of carbonyl (C=O) groups is 1. The standard InChI is InChI=1S/C22H27FN4O2S/c1-24-22(26-13-16-8-9-18(23)12-17(16)15-30-2)25-10-5-11-27-19-6-3-4-7-20(19)29-14-21(27)28/h3-4,6-9,12H,5,10-11,13-15H2,1-2H3,(H2,24,25,26). The van der Waals surface area contributed by atoms with E-state index in [0.717, 1.165) is 34.7 Å². The summed E-state index contributed by atoms with van der Waals surface area (Å²) in [5.74, 6) is 1.92. The SMILES string of the molecule is CN=C(NCCCN1C(=O)COc2ccccc21)NCc1ccc(F)cc1CSC. The second-order valence-electron chi connectivity index (χ2n) is 6.85. The minimum absolute atomic E-state index is 0.0335. The van der Waals surface area contributed by atoms with Crippen molar-refractivity contribution in [1.29, 1.82) is 0 Å². The van der Waals surface area contributed by atoms with Crippen molar-refractivity contribution in [3.05, 3.63) is 59.4 Å². The van der Waals surface area contributed by atoms with Gasteiger partial charge in [0.2, 0.25) is 0 Å². The molecule has 0 unspecified atom stereocenters. The predicted octanol–water partition coefficient (Wildman–Crippen LogP) is 3.17. The number of guanidine groups is 1. The molecule has 1 heterocycles. The van der Waals surface area contributed by atoms with Gasteiger partial charge < -0.3 is 20.3 Å². The molecule has 30 heavy (non-hydrogen) atoms. The first kappa shape index (κ1) is 22.0. The summed E-state index contributed by atoms with van der Waals surface area (Å²) in [5, 5.41) is 6.54. The lowest BCUT2D eigenvalue weighted by molar-refractivity contribution is -0.121. The molecule has 6 nitrogen and oxygen atoms in total. The van der Waals surface area contributed by atoms with E-state index < -0.39 is 0 Å². The van der Waals surface area contributed by atoms with Crippen LogP contribution in [0.5, 0.6) is 5.75 Å². The molecular weight excluding hydrogens is 403 g/mol. The molecule has 1 amide bonds. The first-order chi connectivity index (χ1) is 14.6. The van der Waals surface area contributed by atoms with Gasteiger partial charge in [0.1, 0.15) is 11.6 Å². The van der Waals surface area contributed by atoms with E-state index in [-0.39, 0.29) is 18.3 Å². The number of fused-ring (bicyclic) bond motifs is 1. The van der Waals surface area contributed by atoms with Crippen LogP contribution in [-0.4, -0.2) is 44.9 Å². The molecule has 0 saturated heterocycles. The Bertz CT molecular complexity index is 906. The van der Waals surface area contributed by atoms with E-state index in [1.165, 1.54) is 6.07 Å². The van der Waals surface area contributed by atoms with Crippen molar-refractivity contribution in [2.75, 3.05) is 37.9 Å². The smallest absolute Gasteiger partial charge is 0.265 e. The number of para-hydroxylation sites is 2. The molecule has 1 aliphatic rings. The maximum absolute atomic E-state index is 13.5. The molecule has 0 fully saturated rings. The van der Waals surface area contributed by atoms with Crippen molar-refractivity contribution >= 4 is 29.3 Å². The molecule has 0 aromatic heterocycles. The van der Waals surface area contributed by atoms with Crippen molar-refractivity contribution < 1.29 is 13.9 Å². The zero-order valence-electron chi connectivity index (χ0n) is 17.3. The maximum Gasteiger partial charge on any atom is 0.265 e. The molecule has 8 heteroatoms. The number of nitrogens with one attached hydrogen (secondary N) is 2. The van der Waals surface area contributed by atoms with Crippen LogP contribution in [0.2, 0.25) is 0 Å². The van der Waals surface area contributed by atoms with Crippen LogP contribution in [0.25, 0.3) is 0 Å². The highest BCUT2D eigenvalue weighted by atomic mass is 32.2. The van der Waals surface area contributed by atoms with Crippen LogP contribution in [0.4, 0.5) is 10.1 Å². The Morgan fingerprint density at radius 1 is 1.23 bits per heavy atom. The number of aliphatic imine (C=N–C) groups is 1. The van der Waals surface area contributed by atoms with E-state index in [4.69, 9.17) is 4.74 Å². The molecule has 0 atom stereocenters. The van der Waals surface area contributed by atoms with Crippen molar-refractivity contribution in [2.45, 2.75) is 18.7 Å². The van der Waals surface area contributed by atoms with Crippen LogP contribution in [0.15, 0.2) is 47.5 Å². The summed E-state index contributed by atoms with van der Waals surface area (Å²) in [4.78, 5) is 18.2. The number of carbonyl (C=O) groups excluding carboxylic acids is 1.